The Balaban J connectivity index is 1.45. The average Bonchev–Trinajstić information content (AvgIpc) is 3.23. The number of carbonyl (C=O) groups is 1. The second-order valence-electron chi connectivity index (χ2n) is 5.55. The van der Waals surface area contributed by atoms with Gasteiger partial charge >= 0.3 is 0 Å². The van der Waals surface area contributed by atoms with Crippen LogP contribution in [0.3, 0.4) is 0 Å². The Hall–Kier alpha value is -2.93. The fraction of sp³-hybridized carbons (Fsp3) is 0.167. The number of aromatic nitrogens is 3. The maximum absolute atomic E-state index is 12.3. The number of thiazole rings is 1. The van der Waals surface area contributed by atoms with Gasteiger partial charge in [0, 0.05) is 13.0 Å². The van der Waals surface area contributed by atoms with Crippen LogP contribution in [0.15, 0.2) is 48.8 Å². The second-order valence-corrected chi connectivity index (χ2v) is 6.58. The second kappa shape index (κ2) is 6.52. The van der Waals surface area contributed by atoms with Crippen LogP contribution in [0.5, 0.6) is 5.75 Å². The molecule has 25 heavy (non-hydrogen) atoms. The Morgan fingerprint density at radius 3 is 3.00 bits per heavy atom. The van der Waals surface area contributed by atoms with Gasteiger partial charge in [0.25, 0.3) is 0 Å². The number of amides is 1. The van der Waals surface area contributed by atoms with Gasteiger partial charge in [0.2, 0.25) is 5.91 Å². The molecule has 2 aromatic carbocycles. The lowest BCUT2D eigenvalue weighted by Gasteiger charge is -2.04. The summed E-state index contributed by atoms with van der Waals surface area (Å²) in [5.41, 5.74) is 2.73. The highest BCUT2D eigenvalue weighted by Gasteiger charge is 2.11. The van der Waals surface area contributed by atoms with E-state index in [4.69, 9.17) is 4.74 Å². The largest absolute Gasteiger partial charge is 0.494 e. The molecule has 0 bridgehead atoms. The molecule has 6 nitrogen and oxygen atoms in total. The van der Waals surface area contributed by atoms with Gasteiger partial charge in [0.1, 0.15) is 11.3 Å². The summed E-state index contributed by atoms with van der Waals surface area (Å²) in [6.45, 7) is 0.570. The van der Waals surface area contributed by atoms with Gasteiger partial charge in [0.05, 0.1) is 29.2 Å². The monoisotopic (exact) mass is 352 g/mol. The molecule has 0 unspecified atom stereocenters. The molecule has 0 atom stereocenters. The van der Waals surface area contributed by atoms with Crippen molar-refractivity contribution in [3.05, 3.63) is 48.8 Å². The van der Waals surface area contributed by atoms with Crippen molar-refractivity contribution < 1.29 is 9.53 Å². The number of nitrogens with zero attached hydrogens (tertiary/aromatic N) is 3. The number of hydrogen-bond donors (Lipinski definition) is 1. The number of imidazole rings is 1. The molecule has 126 valence electrons. The molecule has 1 amide bonds. The van der Waals surface area contributed by atoms with Gasteiger partial charge in [-0.05, 0) is 24.3 Å². The van der Waals surface area contributed by atoms with Gasteiger partial charge in [0.15, 0.2) is 5.13 Å². The summed E-state index contributed by atoms with van der Waals surface area (Å²) in [5.74, 6) is 0.634. The molecule has 0 aliphatic rings. The molecule has 1 N–H and O–H groups in total. The first kappa shape index (κ1) is 15.6. The molecular weight excluding hydrogens is 336 g/mol. The van der Waals surface area contributed by atoms with E-state index in [1.807, 2.05) is 47.0 Å². The normalized spacial score (nSPS) is 11.1. The zero-order chi connectivity index (χ0) is 17.2. The van der Waals surface area contributed by atoms with Gasteiger partial charge in [-0.15, -0.1) is 0 Å². The van der Waals surface area contributed by atoms with Crippen LogP contribution in [-0.4, -0.2) is 27.6 Å². The van der Waals surface area contributed by atoms with Crippen LogP contribution >= 0.6 is 11.3 Å². The van der Waals surface area contributed by atoms with Gasteiger partial charge in [-0.2, -0.15) is 0 Å². The molecule has 0 spiro atoms. The number of nitrogens with one attached hydrogen (secondary N) is 1. The lowest BCUT2D eigenvalue weighted by molar-refractivity contribution is -0.116. The number of aryl methyl sites for hydroxylation is 1. The summed E-state index contributed by atoms with van der Waals surface area (Å²) >= 11 is 1.44. The Morgan fingerprint density at radius 2 is 2.12 bits per heavy atom. The van der Waals surface area contributed by atoms with E-state index in [0.717, 1.165) is 21.3 Å². The van der Waals surface area contributed by atoms with Crippen LogP contribution in [0.25, 0.3) is 21.3 Å². The molecule has 0 saturated carbocycles. The molecule has 7 heteroatoms. The van der Waals surface area contributed by atoms with Crippen molar-refractivity contribution in [2.45, 2.75) is 13.0 Å². The molecule has 0 fully saturated rings. The van der Waals surface area contributed by atoms with E-state index >= 15 is 0 Å². The van der Waals surface area contributed by atoms with E-state index < -0.39 is 0 Å². The third-order valence-corrected chi connectivity index (χ3v) is 4.89. The maximum atomic E-state index is 12.3. The smallest absolute Gasteiger partial charge is 0.227 e. The Kier molecular flexibility index (Phi) is 4.07. The predicted octanol–water partition coefficient (Wildman–Crippen LogP) is 3.68. The van der Waals surface area contributed by atoms with Crippen molar-refractivity contribution in [1.29, 1.82) is 0 Å². The third kappa shape index (κ3) is 3.06. The van der Waals surface area contributed by atoms with Crippen LogP contribution in [0.2, 0.25) is 0 Å². The summed E-state index contributed by atoms with van der Waals surface area (Å²) in [6, 6.07) is 13.6. The Morgan fingerprint density at radius 1 is 1.24 bits per heavy atom. The minimum Gasteiger partial charge on any atom is -0.494 e. The first-order chi connectivity index (χ1) is 12.2. The SMILES string of the molecule is COc1cccc2sc(NC(=O)CCn3cnc4ccccc43)nc12. The quantitative estimate of drug-likeness (QED) is 0.595. The van der Waals surface area contributed by atoms with Crippen LogP contribution in [0.1, 0.15) is 6.42 Å². The molecule has 0 aliphatic heterocycles. The zero-order valence-electron chi connectivity index (χ0n) is 13.6. The maximum Gasteiger partial charge on any atom is 0.227 e. The van der Waals surface area contributed by atoms with E-state index in [1.165, 1.54) is 11.3 Å². The minimum atomic E-state index is -0.0733. The molecular formula is C18H16N4O2S. The highest BCUT2D eigenvalue weighted by Crippen LogP contribution is 2.32. The Labute approximate surface area is 148 Å². The Bertz CT molecular complexity index is 1050. The third-order valence-electron chi connectivity index (χ3n) is 3.96. The number of methoxy groups -OCH3 is 1. The lowest BCUT2D eigenvalue weighted by atomic mass is 10.3. The number of ether oxygens (including phenoxy) is 1. The number of hydrogen-bond acceptors (Lipinski definition) is 5. The number of rotatable bonds is 5. The standard InChI is InChI=1S/C18H16N4O2S/c1-24-14-7-4-8-15-17(14)21-18(25-15)20-16(23)9-10-22-11-19-12-5-2-3-6-13(12)22/h2-8,11H,9-10H2,1H3,(H,20,21,23). The van der Waals surface area contributed by atoms with Crippen molar-refractivity contribution in [3.63, 3.8) is 0 Å². The van der Waals surface area contributed by atoms with E-state index in [0.29, 0.717) is 23.8 Å². The number of carbonyl (C=O) groups excluding carboxylic acids is 1. The van der Waals surface area contributed by atoms with E-state index in [9.17, 15) is 4.79 Å². The topological polar surface area (TPSA) is 69.0 Å². The molecule has 4 rings (SSSR count). The van der Waals surface area contributed by atoms with Gasteiger partial charge in [-0.25, -0.2) is 9.97 Å². The number of benzene rings is 2. The minimum absolute atomic E-state index is 0.0733. The molecule has 0 saturated heterocycles. The van der Waals surface area contributed by atoms with Crippen molar-refractivity contribution in [2.75, 3.05) is 12.4 Å². The highest BCUT2D eigenvalue weighted by molar-refractivity contribution is 7.22. The van der Waals surface area contributed by atoms with E-state index in [-0.39, 0.29) is 5.91 Å². The molecule has 0 aliphatic carbocycles. The van der Waals surface area contributed by atoms with Crippen molar-refractivity contribution >= 4 is 43.6 Å². The first-order valence-corrected chi connectivity index (χ1v) is 8.69. The van der Waals surface area contributed by atoms with Crippen LogP contribution < -0.4 is 10.1 Å². The van der Waals surface area contributed by atoms with Gasteiger partial charge in [-0.3, -0.25) is 4.79 Å². The number of para-hydroxylation sites is 3. The van der Waals surface area contributed by atoms with Crippen LogP contribution in [-0.2, 0) is 11.3 Å². The number of anilines is 1. The molecule has 0 radical (unpaired) electrons. The van der Waals surface area contributed by atoms with Crippen molar-refractivity contribution in [3.8, 4) is 5.75 Å². The molecule has 4 aromatic rings. The summed E-state index contributed by atoms with van der Waals surface area (Å²) < 4.78 is 8.27. The summed E-state index contributed by atoms with van der Waals surface area (Å²) in [4.78, 5) is 21.1. The molecule has 2 heterocycles. The van der Waals surface area contributed by atoms with Crippen LogP contribution in [0, 0.1) is 0 Å². The predicted molar refractivity (Wildman–Crippen MR) is 99.2 cm³/mol. The fourth-order valence-electron chi connectivity index (χ4n) is 2.73. The van der Waals surface area contributed by atoms with E-state index in [1.54, 1.807) is 13.4 Å². The fourth-order valence-corrected chi connectivity index (χ4v) is 3.63. The van der Waals surface area contributed by atoms with Crippen molar-refractivity contribution in [2.24, 2.45) is 0 Å². The van der Waals surface area contributed by atoms with Gasteiger partial charge in [-0.1, -0.05) is 29.5 Å². The van der Waals surface area contributed by atoms with Crippen LogP contribution in [0.4, 0.5) is 5.13 Å². The number of fused-ring (bicyclic) bond motifs is 2. The summed E-state index contributed by atoms with van der Waals surface area (Å²) in [7, 11) is 1.61. The zero-order valence-corrected chi connectivity index (χ0v) is 14.4. The average molecular weight is 352 g/mol. The first-order valence-electron chi connectivity index (χ1n) is 7.88. The van der Waals surface area contributed by atoms with Gasteiger partial charge < -0.3 is 14.6 Å². The summed E-state index contributed by atoms with van der Waals surface area (Å²) in [6.07, 6.45) is 2.12. The van der Waals surface area contributed by atoms with Crippen molar-refractivity contribution in [1.82, 2.24) is 14.5 Å². The lowest BCUT2D eigenvalue weighted by Crippen LogP contribution is -2.14. The molecule has 2 aromatic heterocycles. The highest BCUT2D eigenvalue weighted by atomic mass is 32.1. The van der Waals surface area contributed by atoms with E-state index in [2.05, 4.69) is 15.3 Å². The summed E-state index contributed by atoms with van der Waals surface area (Å²) in [5, 5.41) is 3.46.